The second-order valence-electron chi connectivity index (χ2n) is 9.32. The maximum absolute atomic E-state index is 12.2. The molecule has 3 aromatic heterocycles. The molecular formula is C24H27N5O3. The third kappa shape index (κ3) is 3.54. The van der Waals surface area contributed by atoms with E-state index < -0.39 is 11.1 Å². The van der Waals surface area contributed by atoms with Gasteiger partial charge in [0.2, 0.25) is 5.88 Å². The minimum absolute atomic E-state index is 0.230. The number of anilines is 2. The van der Waals surface area contributed by atoms with Gasteiger partial charge in [0, 0.05) is 17.9 Å². The molecule has 0 bridgehead atoms. The van der Waals surface area contributed by atoms with E-state index in [1.54, 1.807) is 24.5 Å². The summed E-state index contributed by atoms with van der Waals surface area (Å²) < 4.78 is 11.5. The summed E-state index contributed by atoms with van der Waals surface area (Å²) in [5, 5.41) is 5.02. The molecule has 2 aliphatic rings. The summed E-state index contributed by atoms with van der Waals surface area (Å²) in [7, 11) is 0. The van der Waals surface area contributed by atoms with E-state index in [9.17, 15) is 4.79 Å². The number of hydrogen-bond donors (Lipinski definition) is 2. The van der Waals surface area contributed by atoms with Crippen LogP contribution in [-0.4, -0.2) is 27.0 Å². The highest BCUT2D eigenvalue weighted by Crippen LogP contribution is 2.39. The zero-order valence-corrected chi connectivity index (χ0v) is 18.7. The second-order valence-corrected chi connectivity index (χ2v) is 9.32. The van der Waals surface area contributed by atoms with Gasteiger partial charge in [-0.1, -0.05) is 6.92 Å². The predicted molar refractivity (Wildman–Crippen MR) is 121 cm³/mol. The zero-order valence-electron chi connectivity index (χ0n) is 18.7. The molecule has 0 radical (unpaired) electrons. The number of esters is 1. The molecule has 1 fully saturated rings. The smallest absolute Gasteiger partial charge is 0.341 e. The van der Waals surface area contributed by atoms with E-state index in [2.05, 4.69) is 20.3 Å². The van der Waals surface area contributed by atoms with Crippen molar-refractivity contribution in [2.24, 2.45) is 5.73 Å². The lowest BCUT2D eigenvalue weighted by atomic mass is 9.93. The summed E-state index contributed by atoms with van der Waals surface area (Å²) in [6.07, 6.45) is 6.51. The van der Waals surface area contributed by atoms with Crippen LogP contribution in [0.15, 0.2) is 30.6 Å². The number of ether oxygens (including phenoxy) is 2. The molecule has 0 spiro atoms. The standard InChI is InChI=1S/C24H27N5O3/c1-5-24(4)20-14(22(30)32-24)8-9-18(29-20)28-19-10-15-16(11-26-19)21(31-13-6-7-13)27-12-17(15)23(2,3)25/h8-13H,5-7,25H2,1-4H3,(H,26,28,29)/t24-/m1/s1. The SMILES string of the molecule is CC[C@@]1(C)OC(=O)c2ccc(Nc3cc4c(C(C)(C)N)cnc(OC5CC5)c4cn3)nc21. The van der Waals surface area contributed by atoms with Crippen molar-refractivity contribution < 1.29 is 14.3 Å². The summed E-state index contributed by atoms with van der Waals surface area (Å²) in [5.74, 6) is 1.45. The van der Waals surface area contributed by atoms with Crippen LogP contribution < -0.4 is 15.8 Å². The number of nitrogens with one attached hydrogen (secondary N) is 1. The van der Waals surface area contributed by atoms with Crippen molar-refractivity contribution in [2.75, 3.05) is 5.32 Å². The number of fused-ring (bicyclic) bond motifs is 2. The maximum Gasteiger partial charge on any atom is 0.341 e. The first-order valence-corrected chi connectivity index (χ1v) is 10.9. The highest BCUT2D eigenvalue weighted by molar-refractivity contribution is 5.94. The maximum atomic E-state index is 12.2. The Labute approximate surface area is 186 Å². The molecule has 3 aromatic rings. The number of aromatic nitrogens is 3. The van der Waals surface area contributed by atoms with Crippen LogP contribution in [0, 0.1) is 0 Å². The Balaban J connectivity index is 1.54. The van der Waals surface area contributed by atoms with Gasteiger partial charge in [-0.25, -0.2) is 19.7 Å². The van der Waals surface area contributed by atoms with Crippen molar-refractivity contribution in [3.8, 4) is 5.88 Å². The number of carbonyl (C=O) groups is 1. The van der Waals surface area contributed by atoms with Gasteiger partial charge in [-0.2, -0.15) is 0 Å². The Hall–Kier alpha value is -3.26. The van der Waals surface area contributed by atoms with Crippen LogP contribution in [0.25, 0.3) is 10.8 Å². The number of nitrogens with zero attached hydrogens (tertiary/aromatic N) is 3. The number of nitrogens with two attached hydrogens (primary N) is 1. The molecule has 0 unspecified atom stereocenters. The third-order valence-corrected chi connectivity index (χ3v) is 6.10. The lowest BCUT2D eigenvalue weighted by molar-refractivity contribution is -0.00220. The van der Waals surface area contributed by atoms with Crippen LogP contribution in [0.5, 0.6) is 5.88 Å². The van der Waals surface area contributed by atoms with Crippen LogP contribution in [0.1, 0.15) is 68.6 Å². The van der Waals surface area contributed by atoms with Gasteiger partial charge in [0.15, 0.2) is 5.60 Å². The number of carbonyl (C=O) groups excluding carboxylic acids is 1. The molecule has 4 heterocycles. The van der Waals surface area contributed by atoms with E-state index in [-0.39, 0.29) is 12.1 Å². The molecule has 3 N–H and O–H groups in total. The summed E-state index contributed by atoms with van der Waals surface area (Å²) >= 11 is 0. The fraction of sp³-hybridized carbons (Fsp3) is 0.417. The Morgan fingerprint density at radius 2 is 2.00 bits per heavy atom. The van der Waals surface area contributed by atoms with Crippen molar-refractivity contribution in [1.29, 1.82) is 0 Å². The van der Waals surface area contributed by atoms with Gasteiger partial charge in [-0.05, 0) is 69.2 Å². The molecule has 1 aliphatic heterocycles. The predicted octanol–water partition coefficient (Wildman–Crippen LogP) is 4.30. The molecule has 0 aromatic carbocycles. The molecule has 8 heteroatoms. The summed E-state index contributed by atoms with van der Waals surface area (Å²) in [6, 6.07) is 5.44. The lowest BCUT2D eigenvalue weighted by Crippen LogP contribution is -2.29. The molecular weight excluding hydrogens is 406 g/mol. The number of pyridine rings is 3. The highest BCUT2D eigenvalue weighted by Gasteiger charge is 2.42. The molecule has 32 heavy (non-hydrogen) atoms. The summed E-state index contributed by atoms with van der Waals surface area (Å²) in [6.45, 7) is 7.75. The molecule has 1 saturated carbocycles. The third-order valence-electron chi connectivity index (χ3n) is 6.10. The van der Waals surface area contributed by atoms with E-state index >= 15 is 0 Å². The fourth-order valence-corrected chi connectivity index (χ4v) is 3.91. The first kappa shape index (κ1) is 20.6. The van der Waals surface area contributed by atoms with Crippen LogP contribution >= 0.6 is 0 Å². The highest BCUT2D eigenvalue weighted by atomic mass is 16.6. The van der Waals surface area contributed by atoms with Gasteiger partial charge >= 0.3 is 5.97 Å². The summed E-state index contributed by atoms with van der Waals surface area (Å²) in [5.41, 5.74) is 7.17. The van der Waals surface area contributed by atoms with Crippen LogP contribution in [0.2, 0.25) is 0 Å². The normalized spacial score (nSPS) is 20.2. The van der Waals surface area contributed by atoms with Crippen LogP contribution in [-0.2, 0) is 15.9 Å². The number of rotatable bonds is 6. The minimum atomic E-state index is -0.724. The van der Waals surface area contributed by atoms with E-state index in [1.807, 2.05) is 33.8 Å². The monoisotopic (exact) mass is 433 g/mol. The zero-order chi connectivity index (χ0) is 22.7. The van der Waals surface area contributed by atoms with Crippen molar-refractivity contribution in [1.82, 2.24) is 15.0 Å². The van der Waals surface area contributed by atoms with Crippen molar-refractivity contribution >= 4 is 28.4 Å². The summed E-state index contributed by atoms with van der Waals surface area (Å²) in [4.78, 5) is 25.9. The van der Waals surface area contributed by atoms with Gasteiger partial charge < -0.3 is 20.5 Å². The van der Waals surface area contributed by atoms with Gasteiger partial charge in [0.25, 0.3) is 0 Å². The van der Waals surface area contributed by atoms with Gasteiger partial charge in [-0.3, -0.25) is 0 Å². The van der Waals surface area contributed by atoms with E-state index in [0.29, 0.717) is 35.2 Å². The Morgan fingerprint density at radius 3 is 2.69 bits per heavy atom. The molecule has 5 rings (SSSR count). The Bertz CT molecular complexity index is 1230. The largest absolute Gasteiger partial charge is 0.474 e. The van der Waals surface area contributed by atoms with Crippen LogP contribution in [0.4, 0.5) is 11.6 Å². The first-order chi connectivity index (χ1) is 15.2. The molecule has 0 saturated heterocycles. The van der Waals surface area contributed by atoms with Gasteiger partial charge in [-0.15, -0.1) is 0 Å². The van der Waals surface area contributed by atoms with Crippen molar-refractivity contribution in [3.63, 3.8) is 0 Å². The van der Waals surface area contributed by atoms with Gasteiger partial charge in [0.1, 0.15) is 23.4 Å². The average molecular weight is 434 g/mol. The average Bonchev–Trinajstić information content (AvgIpc) is 3.52. The fourth-order valence-electron chi connectivity index (χ4n) is 3.91. The lowest BCUT2D eigenvalue weighted by Gasteiger charge is -2.22. The van der Waals surface area contributed by atoms with E-state index in [1.165, 1.54) is 0 Å². The van der Waals surface area contributed by atoms with Crippen molar-refractivity contribution in [2.45, 2.75) is 64.2 Å². The first-order valence-electron chi connectivity index (χ1n) is 10.9. The van der Waals surface area contributed by atoms with Crippen molar-refractivity contribution in [3.05, 3.63) is 47.4 Å². The molecule has 8 nitrogen and oxygen atoms in total. The molecule has 0 amide bonds. The van der Waals surface area contributed by atoms with E-state index in [4.69, 9.17) is 15.2 Å². The Morgan fingerprint density at radius 1 is 1.22 bits per heavy atom. The number of hydrogen-bond acceptors (Lipinski definition) is 8. The molecule has 166 valence electrons. The quantitative estimate of drug-likeness (QED) is 0.554. The Kier molecular flexibility index (Phi) is 4.60. The topological polar surface area (TPSA) is 112 Å². The molecule has 1 atom stereocenters. The number of cyclic esters (lactones) is 1. The van der Waals surface area contributed by atoms with Gasteiger partial charge in [0.05, 0.1) is 10.9 Å². The second kappa shape index (κ2) is 7.13. The minimum Gasteiger partial charge on any atom is -0.474 e. The van der Waals surface area contributed by atoms with E-state index in [0.717, 1.165) is 29.2 Å². The van der Waals surface area contributed by atoms with Crippen LogP contribution in [0.3, 0.4) is 0 Å². The molecule has 1 aliphatic carbocycles.